The third-order valence-electron chi connectivity index (χ3n) is 1.66. The maximum atomic E-state index is 9.97. The molecule has 0 fully saturated rings. The van der Waals surface area contributed by atoms with Gasteiger partial charge in [0.2, 0.25) is 0 Å². The lowest BCUT2D eigenvalue weighted by Crippen LogP contribution is -2.33. The van der Waals surface area contributed by atoms with E-state index in [0.717, 1.165) is 12.3 Å². The largest absolute Gasteiger partial charge is 0.401 e. The quantitative estimate of drug-likeness (QED) is 0.302. The molecule has 0 aromatic rings. The fraction of sp³-hybridized carbons (Fsp3) is 0.900. The first-order valence-electron chi connectivity index (χ1n) is 5.11. The summed E-state index contributed by atoms with van der Waals surface area (Å²) in [7, 11) is -2.10. The summed E-state index contributed by atoms with van der Waals surface area (Å²) in [4.78, 5) is 9.97. The third kappa shape index (κ3) is 10.4. The molecule has 0 aliphatic heterocycles. The van der Waals surface area contributed by atoms with Crippen LogP contribution < -0.4 is 0 Å². The summed E-state index contributed by atoms with van der Waals surface area (Å²) in [6, 6.07) is 0.898. The van der Waals surface area contributed by atoms with Crippen molar-refractivity contribution in [2.45, 2.75) is 33.4 Å². The van der Waals surface area contributed by atoms with Gasteiger partial charge in [-0.15, -0.1) is 11.1 Å². The van der Waals surface area contributed by atoms with Crippen molar-refractivity contribution in [3.05, 3.63) is 0 Å². The van der Waals surface area contributed by atoms with Crippen LogP contribution in [-0.2, 0) is 14.0 Å². The van der Waals surface area contributed by atoms with Gasteiger partial charge in [0.1, 0.15) is 12.9 Å². The van der Waals surface area contributed by atoms with Crippen LogP contribution in [0.5, 0.6) is 0 Å². The van der Waals surface area contributed by atoms with Gasteiger partial charge in [0, 0.05) is 0 Å². The van der Waals surface area contributed by atoms with Gasteiger partial charge in [-0.1, -0.05) is 20.8 Å². The molecule has 15 heavy (non-hydrogen) atoms. The number of aldehydes is 1. The fourth-order valence-corrected chi connectivity index (χ4v) is 5.38. The minimum absolute atomic E-state index is 0.128. The van der Waals surface area contributed by atoms with Crippen molar-refractivity contribution in [1.29, 1.82) is 0 Å². The van der Waals surface area contributed by atoms with Crippen molar-refractivity contribution < 1.29 is 14.0 Å². The zero-order chi connectivity index (χ0) is 11.9. The molecule has 0 saturated heterocycles. The van der Waals surface area contributed by atoms with E-state index >= 15 is 0 Å². The summed E-state index contributed by atoms with van der Waals surface area (Å²) in [6.07, 6.45) is 0.729. The minimum atomic E-state index is -2.10. The Morgan fingerprint density at radius 3 is 2.40 bits per heavy atom. The summed E-state index contributed by atoms with van der Waals surface area (Å²) < 4.78 is 10.6. The average Bonchev–Trinajstić information content (AvgIpc) is 1.99. The second-order valence-corrected chi connectivity index (χ2v) is 10.2. The minimum Gasteiger partial charge on any atom is -0.401 e. The Labute approximate surface area is 97.9 Å². The molecule has 3 nitrogen and oxygen atoms in total. The highest BCUT2D eigenvalue weighted by Gasteiger charge is 2.32. The number of hydrogen-bond donors (Lipinski definition) is 0. The van der Waals surface area contributed by atoms with Crippen molar-refractivity contribution in [3.8, 4) is 0 Å². The van der Waals surface area contributed by atoms with Gasteiger partial charge in [-0.05, 0) is 18.0 Å². The SMILES string of the molecule is CC(C)(C)C[Si](C)(Cl)OCCOCC=O. The molecule has 0 aromatic heterocycles. The number of carbonyl (C=O) groups is 1. The van der Waals surface area contributed by atoms with Gasteiger partial charge in [0.05, 0.1) is 13.2 Å². The van der Waals surface area contributed by atoms with Gasteiger partial charge in [-0.2, -0.15) is 0 Å². The smallest absolute Gasteiger partial charge is 0.287 e. The number of hydrogen-bond acceptors (Lipinski definition) is 3. The molecule has 90 valence electrons. The van der Waals surface area contributed by atoms with Crippen LogP contribution >= 0.6 is 11.1 Å². The lowest BCUT2D eigenvalue weighted by molar-refractivity contribution is -0.112. The fourth-order valence-electron chi connectivity index (χ4n) is 1.44. The zero-order valence-electron chi connectivity index (χ0n) is 10.0. The number of halogens is 1. The lowest BCUT2D eigenvalue weighted by Gasteiger charge is -2.28. The Bertz CT molecular complexity index is 190. The average molecular weight is 253 g/mol. The molecule has 0 radical (unpaired) electrons. The standard InChI is InChI=1S/C10H21ClO3Si/c1-10(2,3)9-15(4,11)14-8-7-13-6-5-12/h5H,6-9H2,1-4H3. The van der Waals surface area contributed by atoms with E-state index in [9.17, 15) is 4.79 Å². The Morgan fingerprint density at radius 2 is 1.93 bits per heavy atom. The van der Waals surface area contributed by atoms with E-state index in [1.807, 2.05) is 6.55 Å². The van der Waals surface area contributed by atoms with Crippen molar-refractivity contribution in [2.24, 2.45) is 5.41 Å². The van der Waals surface area contributed by atoms with E-state index in [-0.39, 0.29) is 12.0 Å². The second-order valence-electron chi connectivity index (χ2n) is 4.93. The van der Waals surface area contributed by atoms with Crippen LogP contribution in [0.1, 0.15) is 20.8 Å². The molecule has 0 bridgehead atoms. The van der Waals surface area contributed by atoms with Crippen LogP contribution in [0.25, 0.3) is 0 Å². The van der Waals surface area contributed by atoms with E-state index < -0.39 is 7.63 Å². The summed E-state index contributed by atoms with van der Waals surface area (Å²) in [5, 5.41) is 0. The maximum Gasteiger partial charge on any atom is 0.287 e. The molecule has 0 N–H and O–H groups in total. The van der Waals surface area contributed by atoms with E-state index in [1.165, 1.54) is 0 Å². The van der Waals surface area contributed by atoms with E-state index in [1.54, 1.807) is 0 Å². The van der Waals surface area contributed by atoms with Gasteiger partial charge < -0.3 is 14.0 Å². The number of carbonyl (C=O) groups excluding carboxylic acids is 1. The van der Waals surface area contributed by atoms with Crippen molar-refractivity contribution in [1.82, 2.24) is 0 Å². The van der Waals surface area contributed by atoms with Crippen molar-refractivity contribution in [2.75, 3.05) is 19.8 Å². The lowest BCUT2D eigenvalue weighted by atomic mass is 10.0. The van der Waals surface area contributed by atoms with Gasteiger partial charge >= 0.3 is 0 Å². The molecule has 0 aliphatic rings. The molecule has 0 heterocycles. The zero-order valence-corrected chi connectivity index (χ0v) is 11.8. The molecular weight excluding hydrogens is 232 g/mol. The molecule has 5 heteroatoms. The van der Waals surface area contributed by atoms with E-state index in [4.69, 9.17) is 20.2 Å². The van der Waals surface area contributed by atoms with E-state index in [0.29, 0.717) is 13.2 Å². The molecule has 1 atom stereocenters. The number of ether oxygens (including phenoxy) is 1. The highest BCUT2D eigenvalue weighted by atomic mass is 35.6. The predicted octanol–water partition coefficient (Wildman–Crippen LogP) is 2.58. The first-order valence-corrected chi connectivity index (χ1v) is 8.74. The van der Waals surface area contributed by atoms with Crippen LogP contribution in [0.15, 0.2) is 0 Å². The van der Waals surface area contributed by atoms with Crippen LogP contribution in [-0.4, -0.2) is 33.7 Å². The normalized spacial score (nSPS) is 16.1. The molecule has 0 spiro atoms. The van der Waals surface area contributed by atoms with Crippen LogP contribution in [0.2, 0.25) is 12.6 Å². The van der Waals surface area contributed by atoms with Gasteiger partial charge in [-0.25, -0.2) is 0 Å². The molecule has 0 amide bonds. The predicted molar refractivity (Wildman–Crippen MR) is 64.6 cm³/mol. The highest BCUT2D eigenvalue weighted by Crippen LogP contribution is 2.30. The van der Waals surface area contributed by atoms with Gasteiger partial charge in [0.25, 0.3) is 7.63 Å². The molecule has 1 unspecified atom stereocenters. The Morgan fingerprint density at radius 1 is 1.33 bits per heavy atom. The Kier molecular flexibility index (Phi) is 6.67. The first-order chi connectivity index (χ1) is 6.77. The molecular formula is C10H21ClO3Si. The third-order valence-corrected chi connectivity index (χ3v) is 4.89. The maximum absolute atomic E-state index is 9.97. The monoisotopic (exact) mass is 252 g/mol. The van der Waals surface area contributed by atoms with Crippen molar-refractivity contribution >= 4 is 25.0 Å². The van der Waals surface area contributed by atoms with Gasteiger partial charge in [0.15, 0.2) is 0 Å². The Balaban J connectivity index is 3.69. The molecule has 0 saturated carbocycles. The van der Waals surface area contributed by atoms with Crippen LogP contribution in [0, 0.1) is 5.41 Å². The van der Waals surface area contributed by atoms with Gasteiger partial charge in [-0.3, -0.25) is 0 Å². The summed E-state index contributed by atoms with van der Waals surface area (Å²) >= 11 is 6.33. The molecule has 0 aromatic carbocycles. The van der Waals surface area contributed by atoms with Crippen LogP contribution in [0.4, 0.5) is 0 Å². The highest BCUT2D eigenvalue weighted by molar-refractivity contribution is 7.16. The molecule has 0 rings (SSSR count). The van der Waals surface area contributed by atoms with Crippen LogP contribution in [0.3, 0.4) is 0 Å². The summed E-state index contributed by atoms with van der Waals surface area (Å²) in [5.74, 6) is 0. The first kappa shape index (κ1) is 15.1. The Hall–Kier alpha value is 0.0969. The van der Waals surface area contributed by atoms with Crippen molar-refractivity contribution in [3.63, 3.8) is 0 Å². The summed E-state index contributed by atoms with van der Waals surface area (Å²) in [5.41, 5.74) is 0.187. The summed E-state index contributed by atoms with van der Waals surface area (Å²) in [6.45, 7) is 9.45. The molecule has 0 aliphatic carbocycles. The van der Waals surface area contributed by atoms with E-state index in [2.05, 4.69) is 20.8 Å². The topological polar surface area (TPSA) is 35.5 Å². The second kappa shape index (κ2) is 6.63. The number of rotatable bonds is 7.